The maximum Gasteiger partial charge on any atom is 0.136 e. The Hall–Kier alpha value is -8.92. The quantitative estimate of drug-likeness (QED) is 0.152. The molecule has 3 nitrogen and oxygen atoms in total. The molecular weight excluding hydrogens is 813 g/mol. The third-order valence-corrected chi connectivity index (χ3v) is 13.4. The Balaban J connectivity index is 0.899. The molecule has 67 heavy (non-hydrogen) atoms. The molecular formula is C64H42N2O. The second kappa shape index (κ2) is 16.0. The van der Waals surface area contributed by atoms with Crippen molar-refractivity contribution in [3.63, 3.8) is 0 Å². The highest BCUT2D eigenvalue weighted by molar-refractivity contribution is 6.19. The maximum atomic E-state index is 6.27. The molecule has 314 valence electrons. The van der Waals surface area contributed by atoms with Gasteiger partial charge in [-0.1, -0.05) is 182 Å². The van der Waals surface area contributed by atoms with E-state index in [1.54, 1.807) is 0 Å². The van der Waals surface area contributed by atoms with Gasteiger partial charge in [-0.05, 0) is 123 Å². The predicted molar refractivity (Wildman–Crippen MR) is 282 cm³/mol. The fraction of sp³-hybridized carbons (Fsp3) is 0. The van der Waals surface area contributed by atoms with Crippen LogP contribution in [0.3, 0.4) is 0 Å². The number of fused-ring (bicyclic) bond motifs is 8. The molecule has 0 aliphatic heterocycles. The van der Waals surface area contributed by atoms with Crippen LogP contribution in [0.4, 0.5) is 17.1 Å². The summed E-state index contributed by atoms with van der Waals surface area (Å²) in [4.78, 5) is 2.35. The lowest BCUT2D eigenvalue weighted by Crippen LogP contribution is -2.09. The average molecular weight is 855 g/mol. The van der Waals surface area contributed by atoms with Gasteiger partial charge >= 0.3 is 0 Å². The van der Waals surface area contributed by atoms with Crippen LogP contribution in [-0.2, 0) is 0 Å². The summed E-state index contributed by atoms with van der Waals surface area (Å²) in [7, 11) is 0. The second-order valence-electron chi connectivity index (χ2n) is 17.3. The number of anilines is 3. The van der Waals surface area contributed by atoms with E-state index in [9.17, 15) is 0 Å². The molecule has 0 bridgehead atoms. The van der Waals surface area contributed by atoms with Gasteiger partial charge in [0.15, 0.2) is 0 Å². The van der Waals surface area contributed by atoms with Crippen molar-refractivity contribution in [1.29, 1.82) is 0 Å². The normalized spacial score (nSPS) is 11.6. The highest BCUT2D eigenvalue weighted by atomic mass is 16.3. The Kier molecular flexibility index (Phi) is 9.17. The molecule has 0 N–H and O–H groups in total. The summed E-state index contributed by atoms with van der Waals surface area (Å²) in [5.41, 5.74) is 18.0. The maximum absolute atomic E-state index is 6.27. The minimum Gasteiger partial charge on any atom is -0.456 e. The Morgan fingerprint density at radius 1 is 0.299 bits per heavy atom. The van der Waals surface area contributed by atoms with Crippen molar-refractivity contribution in [3.8, 4) is 50.2 Å². The summed E-state index contributed by atoms with van der Waals surface area (Å²) in [6, 6.07) is 91.9. The zero-order valence-corrected chi connectivity index (χ0v) is 36.6. The molecule has 13 rings (SSSR count). The zero-order chi connectivity index (χ0) is 44.3. The minimum atomic E-state index is 0.896. The van der Waals surface area contributed by atoms with Crippen molar-refractivity contribution in [3.05, 3.63) is 255 Å². The van der Waals surface area contributed by atoms with E-state index < -0.39 is 0 Å². The van der Waals surface area contributed by atoms with E-state index in [4.69, 9.17) is 4.42 Å². The molecule has 0 atom stereocenters. The highest BCUT2D eigenvalue weighted by Crippen LogP contribution is 2.42. The second-order valence-corrected chi connectivity index (χ2v) is 17.3. The SMILES string of the molecule is c1ccc(-c2ccccc2-c2ccc(N(c3ccc(-c4ccc5c(c4)oc4ccccc45)cc3)c3ccc(-c4ccc5c6ccc7ccccc7c6n(-c6ccccc6)c5c4)cc3)cc2)cc1. The van der Waals surface area contributed by atoms with E-state index in [-0.39, 0.29) is 0 Å². The van der Waals surface area contributed by atoms with E-state index in [0.29, 0.717) is 0 Å². The third kappa shape index (κ3) is 6.67. The van der Waals surface area contributed by atoms with Crippen molar-refractivity contribution in [2.45, 2.75) is 0 Å². The summed E-state index contributed by atoms with van der Waals surface area (Å²) < 4.78 is 8.71. The van der Waals surface area contributed by atoms with E-state index in [2.05, 4.69) is 252 Å². The van der Waals surface area contributed by atoms with Gasteiger partial charge in [0.25, 0.3) is 0 Å². The number of hydrogen-bond acceptors (Lipinski definition) is 2. The molecule has 2 heterocycles. The van der Waals surface area contributed by atoms with Gasteiger partial charge < -0.3 is 13.9 Å². The molecule has 0 aliphatic rings. The van der Waals surface area contributed by atoms with Crippen LogP contribution < -0.4 is 4.90 Å². The van der Waals surface area contributed by atoms with Gasteiger partial charge in [0.2, 0.25) is 0 Å². The van der Waals surface area contributed by atoms with Gasteiger partial charge in [0.05, 0.1) is 11.0 Å². The topological polar surface area (TPSA) is 21.3 Å². The van der Waals surface area contributed by atoms with Crippen LogP contribution in [0.2, 0.25) is 0 Å². The van der Waals surface area contributed by atoms with Gasteiger partial charge in [-0.15, -0.1) is 0 Å². The van der Waals surface area contributed by atoms with Crippen molar-refractivity contribution >= 4 is 71.6 Å². The number of rotatable bonds is 8. The molecule has 0 fully saturated rings. The molecule has 0 saturated heterocycles. The first-order chi connectivity index (χ1) is 33.2. The van der Waals surface area contributed by atoms with Crippen LogP contribution in [0, 0.1) is 0 Å². The number of para-hydroxylation sites is 2. The first kappa shape index (κ1) is 38.5. The summed E-state index contributed by atoms with van der Waals surface area (Å²) in [5, 5.41) is 7.26. The van der Waals surface area contributed by atoms with Crippen LogP contribution in [-0.4, -0.2) is 4.57 Å². The average Bonchev–Trinajstić information content (AvgIpc) is 3.95. The van der Waals surface area contributed by atoms with E-state index in [0.717, 1.165) is 61.4 Å². The van der Waals surface area contributed by atoms with E-state index in [1.807, 2.05) is 12.1 Å². The molecule has 0 saturated carbocycles. The number of nitrogens with zero attached hydrogens (tertiary/aromatic N) is 2. The van der Waals surface area contributed by atoms with E-state index >= 15 is 0 Å². The standard InChI is InChI=1S/C64H42N2O/c1-3-13-45(14-4-1)54-18-9-10-19-55(54)47-27-36-53(37-28-47)65(52-34-25-44(26-35-52)49-31-39-59-58-21-11-12-22-62(58)67-63(59)42-49)51-32-23-43(24-33-51)48-30-38-57-60-40-29-46-15-7-8-20-56(46)64(60)66(61(57)41-48)50-16-5-2-6-17-50/h1-42H. The van der Waals surface area contributed by atoms with Gasteiger partial charge in [0, 0.05) is 49.7 Å². The van der Waals surface area contributed by atoms with Gasteiger partial charge in [0.1, 0.15) is 11.2 Å². The van der Waals surface area contributed by atoms with Crippen LogP contribution >= 0.6 is 0 Å². The molecule has 13 aromatic rings. The smallest absolute Gasteiger partial charge is 0.136 e. The fourth-order valence-corrected chi connectivity index (χ4v) is 10.2. The molecule has 0 unspecified atom stereocenters. The molecule has 0 spiro atoms. The summed E-state index contributed by atoms with van der Waals surface area (Å²) >= 11 is 0. The van der Waals surface area contributed by atoms with Crippen LogP contribution in [0.25, 0.3) is 105 Å². The first-order valence-electron chi connectivity index (χ1n) is 22.9. The lowest BCUT2D eigenvalue weighted by atomic mass is 9.94. The van der Waals surface area contributed by atoms with Crippen LogP contribution in [0.1, 0.15) is 0 Å². The monoisotopic (exact) mass is 854 g/mol. The number of furan rings is 1. The highest BCUT2D eigenvalue weighted by Gasteiger charge is 2.18. The Bertz CT molecular complexity index is 3940. The predicted octanol–water partition coefficient (Wildman–Crippen LogP) is 18.0. The van der Waals surface area contributed by atoms with Crippen molar-refractivity contribution in [2.75, 3.05) is 4.90 Å². The zero-order valence-electron chi connectivity index (χ0n) is 36.6. The van der Waals surface area contributed by atoms with Crippen LogP contribution in [0.15, 0.2) is 259 Å². The third-order valence-electron chi connectivity index (χ3n) is 13.4. The largest absolute Gasteiger partial charge is 0.456 e. The van der Waals surface area contributed by atoms with E-state index in [1.165, 1.54) is 60.4 Å². The number of aromatic nitrogens is 1. The number of hydrogen-bond donors (Lipinski definition) is 0. The molecule has 11 aromatic carbocycles. The first-order valence-corrected chi connectivity index (χ1v) is 22.9. The lowest BCUT2D eigenvalue weighted by Gasteiger charge is -2.26. The molecule has 2 aromatic heterocycles. The van der Waals surface area contributed by atoms with Crippen molar-refractivity contribution < 1.29 is 4.42 Å². The summed E-state index contributed by atoms with van der Waals surface area (Å²) in [6.45, 7) is 0. The summed E-state index contributed by atoms with van der Waals surface area (Å²) in [5.74, 6) is 0. The van der Waals surface area contributed by atoms with Crippen molar-refractivity contribution in [1.82, 2.24) is 4.57 Å². The van der Waals surface area contributed by atoms with Gasteiger partial charge in [-0.2, -0.15) is 0 Å². The van der Waals surface area contributed by atoms with Gasteiger partial charge in [-0.25, -0.2) is 0 Å². The fourth-order valence-electron chi connectivity index (χ4n) is 10.2. The van der Waals surface area contributed by atoms with Crippen molar-refractivity contribution in [2.24, 2.45) is 0 Å². The van der Waals surface area contributed by atoms with Gasteiger partial charge in [-0.3, -0.25) is 0 Å². The minimum absolute atomic E-state index is 0.896. The molecule has 0 aliphatic carbocycles. The summed E-state index contributed by atoms with van der Waals surface area (Å²) in [6.07, 6.45) is 0. The molecule has 3 heteroatoms. The molecule has 0 amide bonds. The number of benzene rings is 11. The van der Waals surface area contributed by atoms with Crippen LogP contribution in [0.5, 0.6) is 0 Å². The Morgan fingerprint density at radius 2 is 0.776 bits per heavy atom. The molecule has 0 radical (unpaired) electrons. The lowest BCUT2D eigenvalue weighted by molar-refractivity contribution is 0.669. The Morgan fingerprint density at radius 3 is 1.45 bits per heavy atom. The Labute approximate surface area is 388 Å².